The molecule has 0 bridgehead atoms. The van der Waals surface area contributed by atoms with E-state index in [1.807, 2.05) is 18.2 Å². The Labute approximate surface area is 124 Å². The van der Waals surface area contributed by atoms with Crippen molar-refractivity contribution in [3.05, 3.63) is 24.3 Å². The highest BCUT2D eigenvalue weighted by molar-refractivity contribution is 8.00. The number of nitrogens with one attached hydrogen (secondary N) is 1. The third kappa shape index (κ3) is 4.42. The molecular weight excluding hydrogens is 272 g/mol. The number of ether oxygens (including phenoxy) is 1. The summed E-state index contributed by atoms with van der Waals surface area (Å²) in [6.07, 6.45) is 4.88. The predicted molar refractivity (Wildman–Crippen MR) is 83.0 cm³/mol. The van der Waals surface area contributed by atoms with Gasteiger partial charge in [-0.3, -0.25) is 4.79 Å². The van der Waals surface area contributed by atoms with Crippen LogP contribution in [-0.2, 0) is 9.53 Å². The summed E-state index contributed by atoms with van der Waals surface area (Å²) < 4.78 is 5.46. The topological polar surface area (TPSA) is 64.3 Å². The molecule has 0 radical (unpaired) electrons. The standard InChI is InChI=1S/C15H22N2O2S/c1-19-12-6-4-5-11(9-12)17-13-7-2-3-8-14(13)20-10-15(16)18/h2-3,7-8,11-12,17H,4-6,9-10H2,1H3,(H2,16,18). The Balaban J connectivity index is 1.99. The van der Waals surface area contributed by atoms with Crippen molar-refractivity contribution >= 4 is 23.4 Å². The molecular formula is C15H22N2O2S. The summed E-state index contributed by atoms with van der Waals surface area (Å²) in [5, 5.41) is 3.58. The van der Waals surface area contributed by atoms with E-state index >= 15 is 0 Å². The van der Waals surface area contributed by atoms with Crippen LogP contribution in [0.2, 0.25) is 0 Å². The number of anilines is 1. The maximum Gasteiger partial charge on any atom is 0.227 e. The van der Waals surface area contributed by atoms with Crippen LogP contribution in [0.4, 0.5) is 5.69 Å². The molecule has 20 heavy (non-hydrogen) atoms. The van der Waals surface area contributed by atoms with Crippen molar-refractivity contribution in [1.82, 2.24) is 0 Å². The van der Waals surface area contributed by atoms with Gasteiger partial charge < -0.3 is 15.8 Å². The molecule has 1 saturated carbocycles. The minimum atomic E-state index is -0.290. The molecule has 1 amide bonds. The van der Waals surface area contributed by atoms with Crippen LogP contribution in [0.25, 0.3) is 0 Å². The molecule has 1 aliphatic rings. The molecule has 0 aromatic heterocycles. The maximum absolute atomic E-state index is 10.9. The Hall–Kier alpha value is -1.20. The van der Waals surface area contributed by atoms with Gasteiger partial charge in [-0.1, -0.05) is 12.1 Å². The monoisotopic (exact) mass is 294 g/mol. The summed E-state index contributed by atoms with van der Waals surface area (Å²) in [6.45, 7) is 0. The third-order valence-electron chi connectivity index (χ3n) is 3.58. The fourth-order valence-electron chi connectivity index (χ4n) is 2.57. The number of hydrogen-bond donors (Lipinski definition) is 2. The van der Waals surface area contributed by atoms with Gasteiger partial charge in [-0.2, -0.15) is 0 Å². The Bertz CT molecular complexity index is 453. The molecule has 2 atom stereocenters. The van der Waals surface area contributed by atoms with E-state index in [9.17, 15) is 4.79 Å². The zero-order valence-electron chi connectivity index (χ0n) is 11.8. The second-order valence-electron chi connectivity index (χ2n) is 5.12. The molecule has 1 aromatic rings. The molecule has 1 aliphatic carbocycles. The average molecular weight is 294 g/mol. The molecule has 5 heteroatoms. The van der Waals surface area contributed by atoms with Crippen LogP contribution in [0.5, 0.6) is 0 Å². The fraction of sp³-hybridized carbons (Fsp3) is 0.533. The lowest BCUT2D eigenvalue weighted by molar-refractivity contribution is -0.115. The van der Waals surface area contributed by atoms with Crippen LogP contribution < -0.4 is 11.1 Å². The van der Waals surface area contributed by atoms with E-state index in [1.54, 1.807) is 7.11 Å². The van der Waals surface area contributed by atoms with Gasteiger partial charge >= 0.3 is 0 Å². The molecule has 110 valence electrons. The van der Waals surface area contributed by atoms with Gasteiger partial charge in [0.15, 0.2) is 0 Å². The van der Waals surface area contributed by atoms with E-state index in [2.05, 4.69) is 11.4 Å². The molecule has 0 saturated heterocycles. The number of carbonyl (C=O) groups excluding carboxylic acids is 1. The van der Waals surface area contributed by atoms with Crippen LogP contribution in [0.1, 0.15) is 25.7 Å². The number of amides is 1. The molecule has 2 unspecified atom stereocenters. The molecule has 1 aromatic carbocycles. The van der Waals surface area contributed by atoms with E-state index in [4.69, 9.17) is 10.5 Å². The van der Waals surface area contributed by atoms with Crippen LogP contribution in [0.15, 0.2) is 29.2 Å². The van der Waals surface area contributed by atoms with E-state index < -0.39 is 0 Å². The van der Waals surface area contributed by atoms with Crippen LogP contribution >= 0.6 is 11.8 Å². The minimum Gasteiger partial charge on any atom is -0.381 e. The summed E-state index contributed by atoms with van der Waals surface area (Å²) in [4.78, 5) is 12.0. The predicted octanol–water partition coefficient (Wildman–Crippen LogP) is 2.63. The third-order valence-corrected chi connectivity index (χ3v) is 4.67. The smallest absolute Gasteiger partial charge is 0.227 e. The number of carbonyl (C=O) groups is 1. The number of rotatable bonds is 6. The van der Waals surface area contributed by atoms with Gasteiger partial charge in [0, 0.05) is 23.7 Å². The fourth-order valence-corrected chi connectivity index (χ4v) is 3.33. The van der Waals surface area contributed by atoms with Crippen molar-refractivity contribution < 1.29 is 9.53 Å². The van der Waals surface area contributed by atoms with Gasteiger partial charge in [0.25, 0.3) is 0 Å². The van der Waals surface area contributed by atoms with Crippen LogP contribution in [0.3, 0.4) is 0 Å². The SMILES string of the molecule is COC1CCCC(Nc2ccccc2SCC(N)=O)C1. The van der Waals surface area contributed by atoms with Crippen LogP contribution in [0, 0.1) is 0 Å². The van der Waals surface area contributed by atoms with Gasteiger partial charge in [0.2, 0.25) is 5.91 Å². The average Bonchev–Trinajstić information content (AvgIpc) is 2.46. The summed E-state index contributed by atoms with van der Waals surface area (Å²) in [5.74, 6) is 0.0197. The highest BCUT2D eigenvalue weighted by atomic mass is 32.2. The van der Waals surface area contributed by atoms with Crippen molar-refractivity contribution in [2.45, 2.75) is 42.7 Å². The van der Waals surface area contributed by atoms with Crippen LogP contribution in [-0.4, -0.2) is 30.9 Å². The molecule has 2 rings (SSSR count). The summed E-state index contributed by atoms with van der Waals surface area (Å²) in [5.41, 5.74) is 6.30. The molecule has 4 nitrogen and oxygen atoms in total. The number of methoxy groups -OCH3 is 1. The number of nitrogens with two attached hydrogens (primary N) is 1. The normalized spacial score (nSPS) is 22.4. The lowest BCUT2D eigenvalue weighted by Gasteiger charge is -2.30. The molecule has 0 aliphatic heterocycles. The first kappa shape index (κ1) is 15.2. The van der Waals surface area contributed by atoms with E-state index in [-0.39, 0.29) is 5.91 Å². The summed E-state index contributed by atoms with van der Waals surface area (Å²) >= 11 is 1.48. The zero-order chi connectivity index (χ0) is 14.4. The van der Waals surface area contributed by atoms with Crippen molar-refractivity contribution in [3.63, 3.8) is 0 Å². The van der Waals surface area contributed by atoms with E-state index in [0.717, 1.165) is 29.8 Å². The Morgan fingerprint density at radius 2 is 2.25 bits per heavy atom. The number of hydrogen-bond acceptors (Lipinski definition) is 4. The second kappa shape index (κ2) is 7.55. The summed E-state index contributed by atoms with van der Waals surface area (Å²) in [7, 11) is 1.78. The number of primary amides is 1. The first-order valence-electron chi connectivity index (χ1n) is 6.98. The number of benzene rings is 1. The summed E-state index contributed by atoms with van der Waals surface area (Å²) in [6, 6.07) is 8.50. The van der Waals surface area contributed by atoms with E-state index in [1.165, 1.54) is 18.2 Å². The van der Waals surface area contributed by atoms with Gasteiger partial charge in [-0.05, 0) is 37.8 Å². The lowest BCUT2D eigenvalue weighted by atomic mass is 9.92. The van der Waals surface area contributed by atoms with Crippen molar-refractivity contribution in [2.24, 2.45) is 5.73 Å². The van der Waals surface area contributed by atoms with Gasteiger partial charge in [0.05, 0.1) is 11.9 Å². The largest absolute Gasteiger partial charge is 0.381 e. The lowest BCUT2D eigenvalue weighted by Crippen LogP contribution is -2.31. The van der Waals surface area contributed by atoms with Crippen molar-refractivity contribution in [2.75, 3.05) is 18.2 Å². The Morgan fingerprint density at radius 3 is 3.00 bits per heavy atom. The number of thioether (sulfide) groups is 1. The van der Waals surface area contributed by atoms with Gasteiger partial charge in [-0.15, -0.1) is 11.8 Å². The zero-order valence-corrected chi connectivity index (χ0v) is 12.6. The number of para-hydroxylation sites is 1. The first-order valence-corrected chi connectivity index (χ1v) is 7.97. The quantitative estimate of drug-likeness (QED) is 0.792. The van der Waals surface area contributed by atoms with E-state index in [0.29, 0.717) is 17.9 Å². The van der Waals surface area contributed by atoms with Crippen molar-refractivity contribution in [1.29, 1.82) is 0 Å². The maximum atomic E-state index is 10.9. The molecule has 1 fully saturated rings. The molecule has 0 heterocycles. The first-order chi connectivity index (χ1) is 9.69. The highest BCUT2D eigenvalue weighted by Crippen LogP contribution is 2.30. The molecule has 0 spiro atoms. The van der Waals surface area contributed by atoms with Crippen molar-refractivity contribution in [3.8, 4) is 0 Å². The van der Waals surface area contributed by atoms with Gasteiger partial charge in [0.1, 0.15) is 0 Å². The Kier molecular flexibility index (Phi) is 5.73. The molecule has 3 N–H and O–H groups in total. The van der Waals surface area contributed by atoms with Gasteiger partial charge in [-0.25, -0.2) is 0 Å². The second-order valence-corrected chi connectivity index (χ2v) is 6.13. The highest BCUT2D eigenvalue weighted by Gasteiger charge is 2.22. The minimum absolute atomic E-state index is 0.290. The Morgan fingerprint density at radius 1 is 1.45 bits per heavy atom.